The van der Waals surface area contributed by atoms with Gasteiger partial charge in [0.15, 0.2) is 0 Å². The maximum atomic E-state index is 11.8. The molecule has 1 heterocycles. The standard InChI is InChI=1S/C10H16BrN3O3S2/c1-2-12-5-6-13-9(15)7-14-19(16,17)10-4-3-8(11)18-10/h3-4,12,14H,2,5-7H2,1H3,(H,13,15). The molecule has 0 aliphatic heterocycles. The lowest BCUT2D eigenvalue weighted by molar-refractivity contribution is -0.119. The molecule has 0 aliphatic rings. The molecule has 1 rings (SSSR count). The summed E-state index contributed by atoms with van der Waals surface area (Å²) in [7, 11) is -3.61. The van der Waals surface area contributed by atoms with Gasteiger partial charge in [0.05, 0.1) is 10.3 Å². The van der Waals surface area contributed by atoms with Crippen LogP contribution < -0.4 is 15.4 Å². The van der Waals surface area contributed by atoms with Crippen LogP contribution in [0.5, 0.6) is 0 Å². The molecule has 1 aromatic heterocycles. The third-order valence-electron chi connectivity index (χ3n) is 2.11. The molecule has 1 aromatic rings. The van der Waals surface area contributed by atoms with E-state index in [0.29, 0.717) is 13.1 Å². The van der Waals surface area contributed by atoms with Gasteiger partial charge in [0.1, 0.15) is 4.21 Å². The fourth-order valence-electron chi connectivity index (χ4n) is 1.20. The summed E-state index contributed by atoms with van der Waals surface area (Å²) in [5, 5.41) is 5.66. The summed E-state index contributed by atoms with van der Waals surface area (Å²) in [6, 6.07) is 3.13. The van der Waals surface area contributed by atoms with Gasteiger partial charge in [0.2, 0.25) is 5.91 Å². The minimum atomic E-state index is -3.61. The highest BCUT2D eigenvalue weighted by Crippen LogP contribution is 2.25. The smallest absolute Gasteiger partial charge is 0.250 e. The number of amides is 1. The lowest BCUT2D eigenvalue weighted by Crippen LogP contribution is -2.39. The average molecular weight is 370 g/mol. The molecule has 0 aromatic carbocycles. The Morgan fingerprint density at radius 3 is 2.68 bits per heavy atom. The van der Waals surface area contributed by atoms with Crippen LogP contribution in [0.25, 0.3) is 0 Å². The number of nitrogens with one attached hydrogen (secondary N) is 3. The lowest BCUT2D eigenvalue weighted by Gasteiger charge is -2.06. The van der Waals surface area contributed by atoms with Crippen molar-refractivity contribution in [1.29, 1.82) is 0 Å². The second-order valence-corrected chi connectivity index (χ2v) is 8.04. The van der Waals surface area contributed by atoms with Gasteiger partial charge in [-0.05, 0) is 34.6 Å². The summed E-state index contributed by atoms with van der Waals surface area (Å²) in [5.41, 5.74) is 0. The molecule has 0 saturated carbocycles. The third kappa shape index (κ3) is 6.00. The third-order valence-corrected chi connectivity index (χ3v) is 5.63. The number of thiophene rings is 1. The molecule has 3 N–H and O–H groups in total. The van der Waals surface area contributed by atoms with Gasteiger partial charge in [-0.2, -0.15) is 0 Å². The summed E-state index contributed by atoms with van der Waals surface area (Å²) in [5.74, 6) is -0.350. The monoisotopic (exact) mass is 369 g/mol. The summed E-state index contributed by atoms with van der Waals surface area (Å²) in [6.07, 6.45) is 0. The van der Waals surface area contributed by atoms with E-state index in [4.69, 9.17) is 0 Å². The molecule has 0 atom stereocenters. The molecule has 0 unspecified atom stereocenters. The van der Waals surface area contributed by atoms with Gasteiger partial charge in [-0.15, -0.1) is 11.3 Å². The zero-order valence-corrected chi connectivity index (χ0v) is 13.6. The Morgan fingerprint density at radius 2 is 2.11 bits per heavy atom. The average Bonchev–Trinajstić information content (AvgIpc) is 2.80. The van der Waals surface area contributed by atoms with Crippen LogP contribution in [0.2, 0.25) is 0 Å². The number of hydrogen-bond donors (Lipinski definition) is 3. The van der Waals surface area contributed by atoms with Crippen molar-refractivity contribution >= 4 is 43.2 Å². The van der Waals surface area contributed by atoms with E-state index in [2.05, 4.69) is 31.3 Å². The molecule has 0 radical (unpaired) electrons. The van der Waals surface area contributed by atoms with E-state index >= 15 is 0 Å². The topological polar surface area (TPSA) is 87.3 Å². The van der Waals surface area contributed by atoms with E-state index in [0.717, 1.165) is 21.7 Å². The van der Waals surface area contributed by atoms with E-state index in [1.54, 1.807) is 6.07 Å². The Labute approximate surface area is 125 Å². The van der Waals surface area contributed by atoms with Crippen LogP contribution >= 0.6 is 27.3 Å². The van der Waals surface area contributed by atoms with E-state index in [1.807, 2.05) is 6.92 Å². The summed E-state index contributed by atoms with van der Waals surface area (Å²) < 4.78 is 26.8. The summed E-state index contributed by atoms with van der Waals surface area (Å²) >= 11 is 4.29. The fourth-order valence-corrected chi connectivity index (χ4v) is 4.24. The second-order valence-electron chi connectivity index (χ2n) is 3.59. The van der Waals surface area contributed by atoms with Gasteiger partial charge >= 0.3 is 0 Å². The van der Waals surface area contributed by atoms with Crippen molar-refractivity contribution in [1.82, 2.24) is 15.4 Å². The highest BCUT2D eigenvalue weighted by atomic mass is 79.9. The Hall–Kier alpha value is -0.480. The molecule has 0 aliphatic carbocycles. The van der Waals surface area contributed by atoms with E-state index in [1.165, 1.54) is 6.07 Å². The van der Waals surface area contributed by atoms with Gasteiger partial charge in [-0.1, -0.05) is 6.92 Å². The molecule has 108 valence electrons. The van der Waals surface area contributed by atoms with Crippen LogP contribution in [0.1, 0.15) is 6.92 Å². The second kappa shape index (κ2) is 7.95. The highest BCUT2D eigenvalue weighted by molar-refractivity contribution is 9.11. The number of rotatable bonds is 8. The first-order chi connectivity index (χ1) is 8.95. The molecule has 19 heavy (non-hydrogen) atoms. The lowest BCUT2D eigenvalue weighted by atomic mass is 10.5. The predicted octanol–water partition coefficient (Wildman–Crippen LogP) is 0.515. The van der Waals surface area contributed by atoms with Crippen molar-refractivity contribution in [2.24, 2.45) is 0 Å². The molecule has 6 nitrogen and oxygen atoms in total. The van der Waals surface area contributed by atoms with Crippen molar-refractivity contribution in [3.05, 3.63) is 15.9 Å². The van der Waals surface area contributed by atoms with Crippen LogP contribution in [0.15, 0.2) is 20.1 Å². The SMILES string of the molecule is CCNCCNC(=O)CNS(=O)(=O)c1ccc(Br)s1. The van der Waals surface area contributed by atoms with Crippen molar-refractivity contribution in [2.45, 2.75) is 11.1 Å². The van der Waals surface area contributed by atoms with Crippen LogP contribution in [-0.4, -0.2) is 40.5 Å². The number of carbonyl (C=O) groups is 1. The maximum absolute atomic E-state index is 11.8. The highest BCUT2D eigenvalue weighted by Gasteiger charge is 2.17. The first-order valence-electron chi connectivity index (χ1n) is 5.68. The predicted molar refractivity (Wildman–Crippen MR) is 78.8 cm³/mol. The molecular weight excluding hydrogens is 354 g/mol. The molecular formula is C10H16BrN3O3S2. The number of hydrogen-bond acceptors (Lipinski definition) is 5. The van der Waals surface area contributed by atoms with Gasteiger partial charge in [-0.3, -0.25) is 4.79 Å². The Morgan fingerprint density at radius 1 is 1.37 bits per heavy atom. The number of sulfonamides is 1. The van der Waals surface area contributed by atoms with E-state index < -0.39 is 10.0 Å². The maximum Gasteiger partial charge on any atom is 0.250 e. The molecule has 0 fully saturated rings. The summed E-state index contributed by atoms with van der Waals surface area (Å²) in [6.45, 7) is 3.67. The van der Waals surface area contributed by atoms with E-state index in [-0.39, 0.29) is 16.7 Å². The molecule has 1 amide bonds. The van der Waals surface area contributed by atoms with Gasteiger partial charge in [0, 0.05) is 13.1 Å². The Bertz CT molecular complexity index is 516. The first-order valence-corrected chi connectivity index (χ1v) is 8.77. The van der Waals surface area contributed by atoms with Crippen LogP contribution in [0, 0.1) is 0 Å². The number of carbonyl (C=O) groups excluding carboxylic acids is 1. The van der Waals surface area contributed by atoms with Gasteiger partial charge in [0.25, 0.3) is 10.0 Å². The summed E-state index contributed by atoms with van der Waals surface area (Å²) in [4.78, 5) is 11.4. The Balaban J connectivity index is 2.37. The molecule has 0 spiro atoms. The van der Waals surface area contributed by atoms with Gasteiger partial charge < -0.3 is 10.6 Å². The fraction of sp³-hybridized carbons (Fsp3) is 0.500. The molecule has 9 heteroatoms. The van der Waals surface area contributed by atoms with Crippen molar-refractivity contribution in [2.75, 3.05) is 26.2 Å². The van der Waals surface area contributed by atoms with Crippen LogP contribution in [0.3, 0.4) is 0 Å². The number of halogens is 1. The normalized spacial score (nSPS) is 11.5. The van der Waals surface area contributed by atoms with Crippen molar-refractivity contribution in [3.63, 3.8) is 0 Å². The minimum absolute atomic E-state index is 0.180. The van der Waals surface area contributed by atoms with Crippen LogP contribution in [-0.2, 0) is 14.8 Å². The zero-order chi connectivity index (χ0) is 14.3. The van der Waals surface area contributed by atoms with Crippen molar-refractivity contribution in [3.8, 4) is 0 Å². The Kier molecular flexibility index (Phi) is 6.94. The number of likely N-dealkylation sites (N-methyl/N-ethyl adjacent to an activating group) is 1. The molecule has 0 saturated heterocycles. The van der Waals surface area contributed by atoms with Gasteiger partial charge in [-0.25, -0.2) is 13.1 Å². The van der Waals surface area contributed by atoms with E-state index in [9.17, 15) is 13.2 Å². The van der Waals surface area contributed by atoms with Crippen molar-refractivity contribution < 1.29 is 13.2 Å². The quantitative estimate of drug-likeness (QED) is 0.582. The van der Waals surface area contributed by atoms with Crippen LogP contribution in [0.4, 0.5) is 0 Å². The first kappa shape index (κ1) is 16.6. The zero-order valence-electron chi connectivity index (χ0n) is 10.4. The largest absolute Gasteiger partial charge is 0.354 e. The minimum Gasteiger partial charge on any atom is -0.354 e. The molecule has 0 bridgehead atoms.